The van der Waals surface area contributed by atoms with Crippen molar-refractivity contribution in [1.29, 1.82) is 0 Å². The minimum Gasteiger partial charge on any atom is -0.872 e. The topological polar surface area (TPSA) is 161 Å². The van der Waals surface area contributed by atoms with Crippen molar-refractivity contribution >= 4 is 17.3 Å². The molecular weight excluding hydrogens is 382 g/mol. The zero-order valence-electron chi connectivity index (χ0n) is 14.8. The number of carboxylic acid groups (broad SMARTS) is 1. The Balaban J connectivity index is 0.000000212. The highest BCUT2D eigenvalue weighted by atomic mass is 16.6. The maximum atomic E-state index is 10.8. The predicted molar refractivity (Wildman–Crippen MR) is 98.4 cm³/mol. The molecule has 1 aromatic heterocycles. The third-order valence-corrected chi connectivity index (χ3v) is 3.75. The van der Waals surface area contributed by atoms with E-state index in [1.54, 1.807) is 12.1 Å². The van der Waals surface area contributed by atoms with Crippen LogP contribution in [0.3, 0.4) is 0 Å². The number of nitro benzene ring substituents is 2. The third kappa shape index (κ3) is 6.10. The number of hydrogen-bond donors (Lipinski definition) is 1. The Hall–Kier alpha value is -4.34. The van der Waals surface area contributed by atoms with Gasteiger partial charge in [0.05, 0.1) is 15.4 Å². The molecule has 3 aromatic rings. The van der Waals surface area contributed by atoms with Gasteiger partial charge in [0, 0.05) is 36.4 Å². The number of aromatic amines is 1. The Morgan fingerprint density at radius 3 is 1.90 bits per heavy atom. The Morgan fingerprint density at radius 1 is 0.862 bits per heavy atom. The third-order valence-electron chi connectivity index (χ3n) is 3.75. The molecule has 0 saturated carbocycles. The van der Waals surface area contributed by atoms with Crippen LogP contribution in [0.2, 0.25) is 0 Å². The van der Waals surface area contributed by atoms with Gasteiger partial charge in [0.25, 0.3) is 11.4 Å². The number of rotatable bonds is 5. The Morgan fingerprint density at radius 2 is 1.38 bits per heavy atom. The average Bonchev–Trinajstić information content (AvgIpc) is 2.69. The summed E-state index contributed by atoms with van der Waals surface area (Å²) in [4.78, 5) is 32.9. The molecule has 148 valence electrons. The summed E-state index contributed by atoms with van der Waals surface area (Å²) in [6.45, 7) is 0. The van der Waals surface area contributed by atoms with E-state index >= 15 is 0 Å². The van der Waals surface area contributed by atoms with Crippen LogP contribution in [-0.2, 0) is 6.42 Å². The van der Waals surface area contributed by atoms with Gasteiger partial charge in [-0.1, -0.05) is 23.9 Å². The molecule has 1 heterocycles. The molecule has 0 aliphatic carbocycles. The first-order valence-corrected chi connectivity index (χ1v) is 8.15. The molecule has 0 saturated heterocycles. The minimum atomic E-state index is -1.46. The van der Waals surface area contributed by atoms with Crippen molar-refractivity contribution in [3.05, 3.63) is 104 Å². The summed E-state index contributed by atoms with van der Waals surface area (Å²) in [7, 11) is 0. The van der Waals surface area contributed by atoms with Gasteiger partial charge in [0.2, 0.25) is 0 Å². The van der Waals surface area contributed by atoms with E-state index in [2.05, 4.69) is 4.98 Å². The smallest absolute Gasteiger partial charge is 0.335 e. The summed E-state index contributed by atoms with van der Waals surface area (Å²) >= 11 is 0. The molecule has 2 N–H and O–H groups in total. The van der Waals surface area contributed by atoms with Gasteiger partial charge >= 0.3 is 5.97 Å². The van der Waals surface area contributed by atoms with Gasteiger partial charge < -0.3 is 10.2 Å². The first-order chi connectivity index (χ1) is 13.8. The van der Waals surface area contributed by atoms with Gasteiger partial charge in [-0.25, -0.2) is 9.78 Å². The van der Waals surface area contributed by atoms with E-state index in [1.165, 1.54) is 17.7 Å². The van der Waals surface area contributed by atoms with E-state index in [0.717, 1.165) is 30.2 Å². The second kappa shape index (κ2) is 9.55. The molecule has 0 atom stereocenters. The zero-order chi connectivity index (χ0) is 21.4. The van der Waals surface area contributed by atoms with Crippen molar-refractivity contribution in [2.75, 3.05) is 0 Å². The molecule has 0 unspecified atom stereocenters. The van der Waals surface area contributed by atoms with Crippen LogP contribution in [0, 0.1) is 20.2 Å². The summed E-state index contributed by atoms with van der Waals surface area (Å²) in [6.07, 6.45) is 4.51. The van der Waals surface area contributed by atoms with Crippen molar-refractivity contribution in [2.24, 2.45) is 0 Å². The fourth-order valence-electron chi connectivity index (χ4n) is 2.31. The van der Waals surface area contributed by atoms with Crippen molar-refractivity contribution in [3.63, 3.8) is 0 Å². The van der Waals surface area contributed by atoms with Crippen LogP contribution in [0.25, 0.3) is 0 Å². The van der Waals surface area contributed by atoms with Crippen molar-refractivity contribution < 1.29 is 29.8 Å². The quantitative estimate of drug-likeness (QED) is 0.510. The Kier molecular flexibility index (Phi) is 6.91. The fraction of sp³-hybridized carbons (Fsp3) is 0.0526. The van der Waals surface area contributed by atoms with Crippen molar-refractivity contribution in [1.82, 2.24) is 0 Å². The molecule has 10 nitrogen and oxygen atoms in total. The SMILES string of the molecule is O=C(O)c1cc([N+](=O)[O-])ccc1[O-].O=[N+]([O-])c1ccc(Cc2cc[nH+]cc2)cc1. The van der Waals surface area contributed by atoms with Gasteiger partial charge in [-0.05, 0) is 17.5 Å². The number of H-pyrrole nitrogens is 1. The number of benzene rings is 2. The Labute approximate surface area is 164 Å². The van der Waals surface area contributed by atoms with Crippen LogP contribution in [-0.4, -0.2) is 20.9 Å². The summed E-state index contributed by atoms with van der Waals surface area (Å²) < 4.78 is 0. The molecule has 10 heteroatoms. The number of carboxylic acids is 1. The molecule has 0 amide bonds. The van der Waals surface area contributed by atoms with Crippen LogP contribution in [0.5, 0.6) is 5.75 Å². The van der Waals surface area contributed by atoms with Crippen LogP contribution in [0.4, 0.5) is 11.4 Å². The number of carbonyl (C=O) groups is 1. The molecule has 3 rings (SSSR count). The highest BCUT2D eigenvalue weighted by molar-refractivity contribution is 5.91. The predicted octanol–water partition coefficient (Wildman–Crippen LogP) is 2.37. The van der Waals surface area contributed by atoms with Crippen LogP contribution in [0.1, 0.15) is 21.5 Å². The highest BCUT2D eigenvalue weighted by Gasteiger charge is 2.10. The van der Waals surface area contributed by atoms with Crippen LogP contribution >= 0.6 is 0 Å². The molecule has 0 aliphatic rings. The van der Waals surface area contributed by atoms with Gasteiger partial charge in [0.15, 0.2) is 12.4 Å². The normalized spacial score (nSPS) is 9.79. The van der Waals surface area contributed by atoms with Gasteiger partial charge in [-0.2, -0.15) is 0 Å². The van der Waals surface area contributed by atoms with E-state index in [9.17, 15) is 30.1 Å². The fourth-order valence-corrected chi connectivity index (χ4v) is 2.31. The minimum absolute atomic E-state index is 0.130. The average molecular weight is 397 g/mol. The first-order valence-electron chi connectivity index (χ1n) is 8.15. The summed E-state index contributed by atoms with van der Waals surface area (Å²) in [5, 5.41) is 40.0. The number of nitrogens with zero attached hydrogens (tertiary/aromatic N) is 2. The van der Waals surface area contributed by atoms with E-state index < -0.39 is 27.9 Å². The summed E-state index contributed by atoms with van der Waals surface area (Å²) in [5.41, 5.74) is 1.38. The molecule has 0 radical (unpaired) electrons. The molecular formula is C19H15N3O7. The lowest BCUT2D eigenvalue weighted by Crippen LogP contribution is -2.04. The van der Waals surface area contributed by atoms with Crippen molar-refractivity contribution in [2.45, 2.75) is 6.42 Å². The lowest BCUT2D eigenvalue weighted by molar-refractivity contribution is -0.385. The maximum absolute atomic E-state index is 10.8. The Bertz CT molecular complexity index is 1020. The number of hydrogen-bond acceptors (Lipinski definition) is 6. The summed E-state index contributed by atoms with van der Waals surface area (Å²) in [5.74, 6) is -2.20. The van der Waals surface area contributed by atoms with E-state index in [1.807, 2.05) is 24.5 Å². The van der Waals surface area contributed by atoms with Gasteiger partial charge in [-0.15, -0.1) is 0 Å². The number of aromatic carboxylic acids is 1. The number of pyridine rings is 1. The van der Waals surface area contributed by atoms with Crippen LogP contribution in [0.15, 0.2) is 67.0 Å². The lowest BCUT2D eigenvalue weighted by atomic mass is 10.1. The van der Waals surface area contributed by atoms with E-state index in [-0.39, 0.29) is 10.6 Å². The largest absolute Gasteiger partial charge is 0.872 e. The maximum Gasteiger partial charge on any atom is 0.335 e. The second-order valence-corrected chi connectivity index (χ2v) is 5.75. The molecule has 29 heavy (non-hydrogen) atoms. The number of non-ortho nitro benzene ring substituents is 2. The summed E-state index contributed by atoms with van der Waals surface area (Å²) in [6, 6.07) is 13.2. The monoisotopic (exact) mass is 397 g/mol. The molecule has 0 aliphatic heterocycles. The zero-order valence-corrected chi connectivity index (χ0v) is 14.8. The molecule has 2 aromatic carbocycles. The van der Waals surface area contributed by atoms with Crippen molar-refractivity contribution in [3.8, 4) is 5.75 Å². The molecule has 0 spiro atoms. The standard InChI is InChI=1S/C12H10N2O2.C7H5NO5/c15-14(16)12-3-1-10(2-4-12)9-11-5-7-13-8-6-11;9-6-2-1-4(8(12)13)3-5(6)7(10)11/h1-8H,9H2;1-3,9H,(H,10,11). The second-order valence-electron chi connectivity index (χ2n) is 5.75. The molecule has 0 bridgehead atoms. The highest BCUT2D eigenvalue weighted by Crippen LogP contribution is 2.20. The van der Waals surface area contributed by atoms with Gasteiger partial charge in [-0.3, -0.25) is 20.2 Å². The number of aromatic nitrogens is 1. The number of nitro groups is 2. The van der Waals surface area contributed by atoms with E-state index in [4.69, 9.17) is 5.11 Å². The van der Waals surface area contributed by atoms with E-state index in [0.29, 0.717) is 0 Å². The number of nitrogens with one attached hydrogen (secondary N) is 1. The van der Waals surface area contributed by atoms with Crippen LogP contribution < -0.4 is 10.1 Å². The first kappa shape index (κ1) is 21.0. The lowest BCUT2D eigenvalue weighted by Gasteiger charge is -2.07. The molecule has 0 fully saturated rings. The van der Waals surface area contributed by atoms with Gasteiger partial charge in [0.1, 0.15) is 0 Å².